The molecule has 3 aromatic rings. The molecule has 0 aliphatic carbocycles. The second-order valence-corrected chi connectivity index (χ2v) is 10.5. The van der Waals surface area contributed by atoms with E-state index in [-0.39, 0.29) is 27.7 Å². The summed E-state index contributed by atoms with van der Waals surface area (Å²) >= 11 is 24.8. The molecule has 1 amide bonds. The Morgan fingerprint density at radius 3 is 2.09 bits per heavy atom. The van der Waals surface area contributed by atoms with E-state index in [0.717, 1.165) is 9.87 Å². The third-order valence-corrected chi connectivity index (χ3v) is 7.64. The van der Waals surface area contributed by atoms with Crippen LogP contribution in [0.1, 0.15) is 16.7 Å². The van der Waals surface area contributed by atoms with Crippen molar-refractivity contribution in [3.05, 3.63) is 97.4 Å². The number of sulfonamides is 1. The first kappa shape index (κ1) is 24.7. The van der Waals surface area contributed by atoms with E-state index in [1.807, 2.05) is 12.1 Å². The monoisotopic (exact) mass is 530 g/mol. The first-order valence-electron chi connectivity index (χ1n) is 9.32. The molecule has 10 heteroatoms. The lowest BCUT2D eigenvalue weighted by atomic mass is 10.0. The maximum Gasteiger partial charge on any atom is 0.239 e. The summed E-state index contributed by atoms with van der Waals surface area (Å²) in [4.78, 5) is 11.8. The van der Waals surface area contributed by atoms with Crippen LogP contribution in [0.3, 0.4) is 0 Å². The minimum absolute atomic E-state index is 0.201. The maximum absolute atomic E-state index is 13.4. The zero-order valence-electron chi connectivity index (χ0n) is 16.6. The fourth-order valence-electron chi connectivity index (χ4n) is 3.19. The van der Waals surface area contributed by atoms with Crippen LogP contribution in [0.15, 0.2) is 60.7 Å². The summed E-state index contributed by atoms with van der Waals surface area (Å²) in [7, 11) is -4.12. The first-order valence-corrected chi connectivity index (χ1v) is 12.4. The van der Waals surface area contributed by atoms with Gasteiger partial charge in [0.1, 0.15) is 6.54 Å². The molecule has 0 saturated carbocycles. The molecule has 0 aliphatic rings. The van der Waals surface area contributed by atoms with Crippen molar-refractivity contribution in [3.63, 3.8) is 0 Å². The smallest absolute Gasteiger partial charge is 0.239 e. The van der Waals surface area contributed by atoms with Gasteiger partial charge in [0.15, 0.2) is 0 Å². The number of nitrogens with zero attached hydrogens (tertiary/aromatic N) is 1. The minimum atomic E-state index is -4.12. The van der Waals surface area contributed by atoms with Gasteiger partial charge < -0.3 is 5.73 Å². The average Bonchev–Trinajstić information content (AvgIpc) is 2.71. The number of primary amides is 1. The second kappa shape index (κ2) is 10.3. The predicted octanol–water partition coefficient (Wildman–Crippen LogP) is 5.71. The van der Waals surface area contributed by atoms with Crippen LogP contribution in [0.5, 0.6) is 0 Å². The Balaban J connectivity index is 2.10. The van der Waals surface area contributed by atoms with Crippen LogP contribution in [0.2, 0.25) is 20.1 Å². The number of benzene rings is 3. The summed E-state index contributed by atoms with van der Waals surface area (Å²) in [6, 6.07) is 16.6. The van der Waals surface area contributed by atoms with Crippen molar-refractivity contribution in [3.8, 4) is 0 Å². The maximum atomic E-state index is 13.4. The van der Waals surface area contributed by atoms with Gasteiger partial charge in [0.2, 0.25) is 15.9 Å². The summed E-state index contributed by atoms with van der Waals surface area (Å²) in [5.41, 5.74) is 7.21. The molecule has 2 N–H and O–H groups in total. The fraction of sp³-hybridized carbons (Fsp3) is 0.136. The van der Waals surface area contributed by atoms with Gasteiger partial charge in [-0.25, -0.2) is 8.42 Å². The first-order chi connectivity index (χ1) is 15.1. The molecule has 0 saturated heterocycles. The van der Waals surface area contributed by atoms with Crippen molar-refractivity contribution in [1.82, 2.24) is 0 Å². The third-order valence-electron chi connectivity index (χ3n) is 4.67. The number of carbonyl (C=O) groups excluding carboxylic acids is 1. The van der Waals surface area contributed by atoms with Gasteiger partial charge in [-0.1, -0.05) is 70.7 Å². The highest BCUT2D eigenvalue weighted by Gasteiger charge is 2.28. The van der Waals surface area contributed by atoms with Gasteiger partial charge in [-0.3, -0.25) is 9.10 Å². The molecular weight excluding hydrogens is 514 g/mol. The summed E-state index contributed by atoms with van der Waals surface area (Å²) in [6.07, 6.45) is 0.285. The molecule has 0 heterocycles. The van der Waals surface area contributed by atoms with Gasteiger partial charge in [-0.05, 0) is 47.5 Å². The number of nitrogens with two attached hydrogens (primary N) is 1. The van der Waals surface area contributed by atoms with E-state index < -0.39 is 28.2 Å². The van der Waals surface area contributed by atoms with Crippen molar-refractivity contribution in [2.75, 3.05) is 10.8 Å². The average molecular weight is 532 g/mol. The van der Waals surface area contributed by atoms with Crippen LogP contribution in [-0.2, 0) is 27.0 Å². The molecule has 32 heavy (non-hydrogen) atoms. The Morgan fingerprint density at radius 2 is 1.47 bits per heavy atom. The molecule has 0 radical (unpaired) electrons. The number of hydrogen-bond acceptors (Lipinski definition) is 3. The highest BCUT2D eigenvalue weighted by molar-refractivity contribution is 7.92. The summed E-state index contributed by atoms with van der Waals surface area (Å²) in [6.45, 7) is -0.568. The Kier molecular flexibility index (Phi) is 7.96. The molecule has 0 atom stereocenters. The number of carbonyl (C=O) groups is 1. The lowest BCUT2D eigenvalue weighted by molar-refractivity contribution is -0.116. The lowest BCUT2D eigenvalue weighted by Crippen LogP contribution is -2.39. The van der Waals surface area contributed by atoms with Crippen molar-refractivity contribution in [2.45, 2.75) is 12.2 Å². The van der Waals surface area contributed by atoms with Crippen molar-refractivity contribution < 1.29 is 13.2 Å². The second-order valence-electron chi connectivity index (χ2n) is 6.97. The van der Waals surface area contributed by atoms with E-state index in [4.69, 9.17) is 52.1 Å². The molecule has 5 nitrogen and oxygen atoms in total. The topological polar surface area (TPSA) is 80.5 Å². The number of anilines is 1. The Bertz CT molecular complexity index is 1250. The molecule has 0 aromatic heterocycles. The summed E-state index contributed by atoms with van der Waals surface area (Å²) < 4.78 is 27.8. The molecule has 168 valence electrons. The van der Waals surface area contributed by atoms with Gasteiger partial charge in [0, 0.05) is 32.1 Å². The lowest BCUT2D eigenvalue weighted by Gasteiger charge is -2.26. The summed E-state index contributed by atoms with van der Waals surface area (Å²) in [5, 5.41) is 1.33. The van der Waals surface area contributed by atoms with Crippen LogP contribution in [0, 0.1) is 0 Å². The minimum Gasteiger partial charge on any atom is -0.368 e. The molecule has 0 aliphatic heterocycles. The number of hydrogen-bond donors (Lipinski definition) is 1. The van der Waals surface area contributed by atoms with Crippen LogP contribution < -0.4 is 10.0 Å². The zero-order valence-corrected chi connectivity index (χ0v) is 20.4. The zero-order chi connectivity index (χ0) is 23.5. The van der Waals surface area contributed by atoms with Crippen molar-refractivity contribution >= 4 is 68.0 Å². The van der Waals surface area contributed by atoms with Gasteiger partial charge in [-0.15, -0.1) is 0 Å². The predicted molar refractivity (Wildman–Crippen MR) is 131 cm³/mol. The van der Waals surface area contributed by atoms with Crippen LogP contribution in [0.25, 0.3) is 0 Å². The van der Waals surface area contributed by atoms with Gasteiger partial charge in [-0.2, -0.15) is 0 Å². The molecule has 3 aromatic carbocycles. The van der Waals surface area contributed by atoms with Gasteiger partial charge in [0.25, 0.3) is 0 Å². The van der Waals surface area contributed by atoms with Gasteiger partial charge >= 0.3 is 0 Å². The van der Waals surface area contributed by atoms with Crippen LogP contribution in [-0.4, -0.2) is 20.9 Å². The van der Waals surface area contributed by atoms with Crippen LogP contribution >= 0.6 is 46.4 Å². The Morgan fingerprint density at radius 1 is 0.844 bits per heavy atom. The van der Waals surface area contributed by atoms with Crippen molar-refractivity contribution in [1.29, 1.82) is 0 Å². The standard InChI is InChI=1S/C22H18Cl4N2O3S/c23-16-8-9-21(15(11-16)10-14-4-1-2-5-18(14)24)28(12-22(27)29)32(30,31)13-17-19(25)6-3-7-20(17)26/h1-9,11H,10,12-13H2,(H2,27,29). The Hall–Kier alpha value is -1.96. The summed E-state index contributed by atoms with van der Waals surface area (Å²) in [5.74, 6) is -1.34. The highest BCUT2D eigenvalue weighted by atomic mass is 35.5. The SMILES string of the molecule is NC(=O)CN(c1ccc(Cl)cc1Cc1ccccc1Cl)S(=O)(=O)Cc1c(Cl)cccc1Cl. The van der Waals surface area contributed by atoms with Gasteiger partial charge in [0.05, 0.1) is 11.4 Å². The van der Waals surface area contributed by atoms with E-state index in [9.17, 15) is 13.2 Å². The molecule has 0 spiro atoms. The fourth-order valence-corrected chi connectivity index (χ4v) is 5.91. The van der Waals surface area contributed by atoms with E-state index in [1.165, 1.54) is 6.07 Å². The molecule has 0 unspecified atom stereocenters. The normalized spacial score (nSPS) is 11.4. The van der Waals surface area contributed by atoms with E-state index in [2.05, 4.69) is 0 Å². The molecule has 0 fully saturated rings. The highest BCUT2D eigenvalue weighted by Crippen LogP contribution is 2.33. The quantitative estimate of drug-likeness (QED) is 0.404. The third kappa shape index (κ3) is 5.88. The largest absolute Gasteiger partial charge is 0.368 e. The van der Waals surface area contributed by atoms with E-state index in [1.54, 1.807) is 42.5 Å². The molecular formula is C22H18Cl4N2O3S. The Labute approximate surface area is 206 Å². The number of amides is 1. The molecule has 3 rings (SSSR count). The number of halogens is 4. The van der Waals surface area contributed by atoms with Crippen molar-refractivity contribution in [2.24, 2.45) is 5.73 Å². The van der Waals surface area contributed by atoms with Crippen LogP contribution in [0.4, 0.5) is 5.69 Å². The number of rotatable bonds is 8. The van der Waals surface area contributed by atoms with E-state index in [0.29, 0.717) is 15.6 Å². The molecule has 0 bridgehead atoms. The van der Waals surface area contributed by atoms with E-state index >= 15 is 0 Å².